The summed E-state index contributed by atoms with van der Waals surface area (Å²) in [5, 5.41) is 3.71. The van der Waals surface area contributed by atoms with Crippen LogP contribution in [0.1, 0.15) is 55.9 Å². The highest BCUT2D eigenvalue weighted by Crippen LogP contribution is 2.44. The van der Waals surface area contributed by atoms with E-state index < -0.39 is 17.3 Å². The minimum atomic E-state index is -0.642. The molecule has 0 aliphatic heterocycles. The quantitative estimate of drug-likeness (QED) is 0.265. The van der Waals surface area contributed by atoms with Gasteiger partial charge in [-0.1, -0.05) is 6.07 Å². The van der Waals surface area contributed by atoms with Crippen LogP contribution >= 0.6 is 0 Å². The maximum absolute atomic E-state index is 13.5. The first-order valence-corrected chi connectivity index (χ1v) is 13.2. The van der Waals surface area contributed by atoms with Crippen LogP contribution in [0.4, 0.5) is 4.39 Å². The molecule has 8 nitrogen and oxygen atoms in total. The van der Waals surface area contributed by atoms with Crippen LogP contribution in [0.2, 0.25) is 0 Å². The number of hydrogen-bond donors (Lipinski definition) is 2. The molecule has 1 saturated carbocycles. The Hall–Kier alpha value is -5.05. The summed E-state index contributed by atoms with van der Waals surface area (Å²) in [6, 6.07) is 14.9. The van der Waals surface area contributed by atoms with Crippen LogP contribution in [0.25, 0.3) is 22.3 Å². The predicted molar refractivity (Wildman–Crippen MR) is 151 cm³/mol. The molecular formula is C32H27FN4O4. The van der Waals surface area contributed by atoms with E-state index in [1.54, 1.807) is 36.8 Å². The number of nitrogens with two attached hydrogens (primary N) is 1. The van der Waals surface area contributed by atoms with E-state index in [9.17, 15) is 14.0 Å². The minimum absolute atomic E-state index is 0.235. The number of furan rings is 1. The summed E-state index contributed by atoms with van der Waals surface area (Å²) in [5.74, 6) is -0.518. The second kappa shape index (κ2) is 10.2. The predicted octanol–water partition coefficient (Wildman–Crippen LogP) is 5.45. The Balaban J connectivity index is 1.33. The van der Waals surface area contributed by atoms with E-state index in [-0.39, 0.29) is 11.5 Å². The van der Waals surface area contributed by atoms with Crippen LogP contribution in [-0.2, 0) is 12.0 Å². The van der Waals surface area contributed by atoms with Gasteiger partial charge < -0.3 is 20.2 Å². The highest BCUT2D eigenvalue weighted by molar-refractivity contribution is 6.10. The molecule has 206 valence electrons. The lowest BCUT2D eigenvalue weighted by Gasteiger charge is -2.19. The Kier molecular flexibility index (Phi) is 6.49. The third-order valence-corrected chi connectivity index (χ3v) is 7.56. The van der Waals surface area contributed by atoms with Crippen LogP contribution < -0.4 is 15.8 Å². The normalized spacial score (nSPS) is 13.6. The Morgan fingerprint density at radius 2 is 1.88 bits per heavy atom. The number of amides is 2. The van der Waals surface area contributed by atoms with E-state index in [0.29, 0.717) is 40.0 Å². The molecule has 0 radical (unpaired) electrons. The Labute approximate surface area is 235 Å². The lowest BCUT2D eigenvalue weighted by molar-refractivity contribution is 0.0925. The third kappa shape index (κ3) is 4.91. The van der Waals surface area contributed by atoms with Crippen molar-refractivity contribution in [1.82, 2.24) is 15.3 Å². The Morgan fingerprint density at radius 3 is 2.54 bits per heavy atom. The van der Waals surface area contributed by atoms with Gasteiger partial charge in [0.05, 0.1) is 35.7 Å². The first kappa shape index (κ1) is 26.2. The molecule has 2 heterocycles. The molecule has 3 N–H and O–H groups in total. The smallest absolute Gasteiger partial charge is 0.255 e. The number of halogens is 1. The van der Waals surface area contributed by atoms with Crippen molar-refractivity contribution in [3.63, 3.8) is 0 Å². The molecule has 0 bridgehead atoms. The van der Waals surface area contributed by atoms with Crippen molar-refractivity contribution in [2.24, 2.45) is 5.73 Å². The minimum Gasteiger partial charge on any atom is -0.496 e. The fraction of sp³-hybridized carbons (Fsp3) is 0.188. The monoisotopic (exact) mass is 550 g/mol. The van der Waals surface area contributed by atoms with Gasteiger partial charge in [-0.3, -0.25) is 19.6 Å². The van der Waals surface area contributed by atoms with Gasteiger partial charge in [-0.2, -0.15) is 0 Å². The van der Waals surface area contributed by atoms with E-state index >= 15 is 0 Å². The van der Waals surface area contributed by atoms with Crippen LogP contribution in [0.5, 0.6) is 5.75 Å². The van der Waals surface area contributed by atoms with E-state index in [2.05, 4.69) is 15.3 Å². The van der Waals surface area contributed by atoms with Gasteiger partial charge in [0.25, 0.3) is 11.8 Å². The molecule has 2 amide bonds. The Bertz CT molecular complexity index is 1790. The van der Waals surface area contributed by atoms with Crippen LogP contribution in [0, 0.1) is 12.7 Å². The number of aromatic nitrogens is 2. The molecule has 41 heavy (non-hydrogen) atoms. The van der Waals surface area contributed by atoms with Crippen LogP contribution in [0.3, 0.4) is 0 Å². The van der Waals surface area contributed by atoms with E-state index in [0.717, 1.165) is 35.2 Å². The van der Waals surface area contributed by atoms with Gasteiger partial charge >= 0.3 is 0 Å². The van der Waals surface area contributed by atoms with Crippen LogP contribution in [-0.4, -0.2) is 28.9 Å². The highest BCUT2D eigenvalue weighted by atomic mass is 19.1. The first-order valence-electron chi connectivity index (χ1n) is 13.2. The maximum atomic E-state index is 13.5. The number of rotatable bonds is 8. The van der Waals surface area contributed by atoms with Crippen molar-refractivity contribution in [3.8, 4) is 17.1 Å². The lowest BCUT2D eigenvalue weighted by atomic mass is 9.95. The summed E-state index contributed by atoms with van der Waals surface area (Å²) in [7, 11) is 1.54. The number of hydrogen-bond acceptors (Lipinski definition) is 6. The third-order valence-electron chi connectivity index (χ3n) is 7.56. The summed E-state index contributed by atoms with van der Waals surface area (Å²) in [6.07, 6.45) is 6.95. The van der Waals surface area contributed by atoms with Gasteiger partial charge in [-0.25, -0.2) is 4.39 Å². The summed E-state index contributed by atoms with van der Waals surface area (Å²) in [6.45, 7) is 1.96. The number of nitrogens with one attached hydrogen (secondary N) is 1. The summed E-state index contributed by atoms with van der Waals surface area (Å²) in [5.41, 5.74) is 10.4. The molecule has 3 aromatic carbocycles. The number of methoxy groups -OCH3 is 1. The zero-order valence-electron chi connectivity index (χ0n) is 22.5. The molecule has 1 aliphatic rings. The highest BCUT2D eigenvalue weighted by Gasteiger charge is 2.47. The van der Waals surface area contributed by atoms with Gasteiger partial charge in [-0.05, 0) is 91.4 Å². The van der Waals surface area contributed by atoms with Crippen molar-refractivity contribution < 1.29 is 23.1 Å². The number of carbonyl (C=O) groups excluding carboxylic acids is 2. The van der Waals surface area contributed by atoms with E-state index in [1.807, 2.05) is 31.2 Å². The summed E-state index contributed by atoms with van der Waals surface area (Å²) in [4.78, 5) is 34.5. The SMILES string of the molecule is COc1cc(C)c(Cc2ccc3oc(-c4ccc(F)cc4)c(C(N)=O)c3c2)cc1C(=O)NC1(c2cnccn2)CC1. The van der Waals surface area contributed by atoms with Crippen molar-refractivity contribution in [3.05, 3.63) is 113 Å². The fourth-order valence-electron chi connectivity index (χ4n) is 5.19. The topological polar surface area (TPSA) is 120 Å². The summed E-state index contributed by atoms with van der Waals surface area (Å²) < 4.78 is 25.0. The van der Waals surface area contributed by atoms with Crippen molar-refractivity contribution >= 4 is 22.8 Å². The van der Waals surface area contributed by atoms with Gasteiger partial charge in [0.15, 0.2) is 0 Å². The lowest BCUT2D eigenvalue weighted by Crippen LogP contribution is -2.35. The summed E-state index contributed by atoms with van der Waals surface area (Å²) >= 11 is 0. The molecular weight excluding hydrogens is 523 g/mol. The molecule has 0 atom stereocenters. The van der Waals surface area contributed by atoms with Gasteiger partial charge in [0, 0.05) is 23.3 Å². The molecule has 9 heteroatoms. The first-order chi connectivity index (χ1) is 19.8. The zero-order valence-corrected chi connectivity index (χ0v) is 22.5. The van der Waals surface area contributed by atoms with Crippen molar-refractivity contribution in [1.29, 1.82) is 0 Å². The number of primary amides is 1. The molecule has 1 fully saturated rings. The second-order valence-electron chi connectivity index (χ2n) is 10.3. The standard InChI is InChI=1S/C32H27FN4O4/c1-18-13-26(40-2)24(31(39)37-32(9-10-32)27-17-35-11-12-36-27)16-21(18)14-19-3-8-25-23(15-19)28(30(34)38)29(41-25)20-4-6-22(33)7-5-20/h3-8,11-13,15-17H,9-10,14H2,1-2H3,(H2,34,38)(H,37,39). The number of nitrogens with zero attached hydrogens (tertiary/aromatic N) is 2. The number of fused-ring (bicyclic) bond motifs is 1. The van der Waals surface area contributed by atoms with Crippen molar-refractivity contribution in [2.75, 3.05) is 7.11 Å². The molecule has 0 spiro atoms. The maximum Gasteiger partial charge on any atom is 0.255 e. The zero-order chi connectivity index (χ0) is 28.7. The van der Waals surface area contributed by atoms with E-state index in [1.165, 1.54) is 19.2 Å². The van der Waals surface area contributed by atoms with E-state index in [4.69, 9.17) is 14.9 Å². The van der Waals surface area contributed by atoms with Gasteiger partial charge in [0.1, 0.15) is 22.9 Å². The second-order valence-corrected chi connectivity index (χ2v) is 10.3. The van der Waals surface area contributed by atoms with Gasteiger partial charge in [-0.15, -0.1) is 0 Å². The fourth-order valence-corrected chi connectivity index (χ4v) is 5.19. The van der Waals surface area contributed by atoms with Gasteiger partial charge in [0.2, 0.25) is 0 Å². The number of ether oxygens (including phenoxy) is 1. The number of benzene rings is 3. The molecule has 0 unspecified atom stereocenters. The molecule has 1 aliphatic carbocycles. The number of carbonyl (C=O) groups is 2. The van der Waals surface area contributed by atoms with Crippen LogP contribution in [0.15, 0.2) is 77.6 Å². The largest absolute Gasteiger partial charge is 0.496 e. The van der Waals surface area contributed by atoms with Crippen molar-refractivity contribution in [2.45, 2.75) is 31.7 Å². The average molecular weight is 551 g/mol. The molecule has 0 saturated heterocycles. The number of aryl methyl sites for hydroxylation is 1. The Morgan fingerprint density at radius 1 is 1.10 bits per heavy atom. The average Bonchev–Trinajstić information content (AvgIpc) is 3.65. The molecule has 2 aromatic heterocycles. The molecule has 6 rings (SSSR count). The molecule has 5 aromatic rings.